The number of thioether (sulfide) groups is 1. The number of esters is 3. The molecule has 13 heteroatoms. The molecular formula is C17H25ClN2O9S. The number of hydrogen-bond donors (Lipinski definition) is 2. The third-order valence-corrected chi connectivity index (χ3v) is 4.84. The first kappa shape index (κ1) is 26.0. The molecule has 5 atom stereocenters. The Kier molecular flexibility index (Phi) is 10.9. The van der Waals surface area contributed by atoms with Crippen molar-refractivity contribution in [3.8, 4) is 0 Å². The molecule has 0 spiro atoms. The molecular weight excluding hydrogens is 444 g/mol. The number of carbonyl (C=O) groups is 5. The molecule has 170 valence electrons. The average molecular weight is 469 g/mol. The largest absolute Gasteiger partial charge is 0.463 e. The van der Waals surface area contributed by atoms with Crippen molar-refractivity contribution < 1.29 is 42.9 Å². The van der Waals surface area contributed by atoms with E-state index in [1.807, 2.05) is 0 Å². The topological polar surface area (TPSA) is 146 Å². The van der Waals surface area contributed by atoms with Crippen molar-refractivity contribution in [2.75, 3.05) is 19.0 Å². The Hall–Kier alpha value is -2.05. The van der Waals surface area contributed by atoms with E-state index in [9.17, 15) is 24.0 Å². The maximum atomic E-state index is 12.2. The first-order valence-electron chi connectivity index (χ1n) is 8.96. The average Bonchev–Trinajstić information content (AvgIpc) is 2.62. The molecule has 0 radical (unpaired) electrons. The SMILES string of the molecule is CC(=O)N[C@H]1[C@@H](OC(C)=O)[C@H](OC(C)=O)[C@H](COC(C)=O)O[C@@H]1SC(=O)NCCCl. The second kappa shape index (κ2) is 12.6. The van der Waals surface area contributed by atoms with Crippen molar-refractivity contribution in [3.63, 3.8) is 0 Å². The Morgan fingerprint density at radius 1 is 0.967 bits per heavy atom. The maximum Gasteiger partial charge on any atom is 0.303 e. The van der Waals surface area contributed by atoms with Crippen LogP contribution in [0.3, 0.4) is 0 Å². The zero-order chi connectivity index (χ0) is 22.8. The van der Waals surface area contributed by atoms with Crippen LogP contribution in [0.25, 0.3) is 0 Å². The summed E-state index contributed by atoms with van der Waals surface area (Å²) in [5, 5.41) is 4.60. The minimum absolute atomic E-state index is 0.187. The maximum absolute atomic E-state index is 12.2. The van der Waals surface area contributed by atoms with Crippen LogP contribution in [-0.4, -0.2) is 77.9 Å². The summed E-state index contributed by atoms with van der Waals surface area (Å²) in [7, 11) is 0. The molecule has 30 heavy (non-hydrogen) atoms. The van der Waals surface area contributed by atoms with Crippen LogP contribution in [0.1, 0.15) is 27.7 Å². The van der Waals surface area contributed by atoms with Gasteiger partial charge in [-0.1, -0.05) is 0 Å². The number of halogens is 1. The van der Waals surface area contributed by atoms with E-state index in [1.54, 1.807) is 0 Å². The smallest absolute Gasteiger partial charge is 0.303 e. The number of carbonyl (C=O) groups excluding carboxylic acids is 5. The third kappa shape index (κ3) is 8.76. The molecule has 0 aromatic heterocycles. The zero-order valence-corrected chi connectivity index (χ0v) is 18.5. The molecule has 0 bridgehead atoms. The quantitative estimate of drug-likeness (QED) is 0.290. The fourth-order valence-electron chi connectivity index (χ4n) is 2.69. The van der Waals surface area contributed by atoms with Crippen LogP contribution in [0.15, 0.2) is 0 Å². The summed E-state index contributed by atoms with van der Waals surface area (Å²) in [4.78, 5) is 58.6. The van der Waals surface area contributed by atoms with Crippen LogP contribution in [0, 0.1) is 0 Å². The van der Waals surface area contributed by atoms with Gasteiger partial charge in [-0.15, -0.1) is 11.6 Å². The predicted octanol–water partition coefficient (Wildman–Crippen LogP) is 0.324. The van der Waals surface area contributed by atoms with Crippen LogP contribution in [-0.2, 0) is 38.1 Å². The highest BCUT2D eigenvalue weighted by atomic mass is 35.5. The van der Waals surface area contributed by atoms with Crippen molar-refractivity contribution in [2.45, 2.75) is 57.5 Å². The van der Waals surface area contributed by atoms with Crippen molar-refractivity contribution in [3.05, 3.63) is 0 Å². The minimum atomic E-state index is -1.21. The fourth-order valence-corrected chi connectivity index (χ4v) is 3.75. The van der Waals surface area contributed by atoms with Gasteiger partial charge in [0.05, 0.1) is 0 Å². The molecule has 2 amide bonds. The zero-order valence-electron chi connectivity index (χ0n) is 17.0. The molecule has 11 nitrogen and oxygen atoms in total. The predicted molar refractivity (Wildman–Crippen MR) is 106 cm³/mol. The van der Waals surface area contributed by atoms with E-state index in [1.165, 1.54) is 13.8 Å². The standard InChI is InChI=1S/C17H25ClN2O9S/c1-8(21)20-13-15(28-11(4)24)14(27-10(3)23)12(7-26-9(2)22)29-16(13)30-17(25)19-6-5-18/h12-16H,5-7H2,1-4H3,(H,19,25)(H,20,21)/t12-,13-,14+,15+,16+/m0/s1. The van der Waals surface area contributed by atoms with Crippen LogP contribution in [0.4, 0.5) is 4.79 Å². The summed E-state index contributed by atoms with van der Waals surface area (Å²) in [5.74, 6) is -2.34. The van der Waals surface area contributed by atoms with Gasteiger partial charge < -0.3 is 29.6 Å². The second-order valence-electron chi connectivity index (χ2n) is 6.24. The summed E-state index contributed by atoms with van der Waals surface area (Å²) in [6.45, 7) is 4.55. The normalized spacial score (nSPS) is 25.6. The number of amides is 2. The summed E-state index contributed by atoms with van der Waals surface area (Å²) in [6, 6.07) is -1.05. The summed E-state index contributed by atoms with van der Waals surface area (Å²) in [5.41, 5.74) is -1.05. The molecule has 0 aromatic carbocycles. The van der Waals surface area contributed by atoms with Crippen molar-refractivity contribution >= 4 is 52.4 Å². The minimum Gasteiger partial charge on any atom is -0.463 e. The van der Waals surface area contributed by atoms with E-state index in [4.69, 9.17) is 30.5 Å². The van der Waals surface area contributed by atoms with E-state index in [2.05, 4.69) is 10.6 Å². The molecule has 1 aliphatic heterocycles. The Morgan fingerprint density at radius 3 is 2.07 bits per heavy atom. The molecule has 1 saturated heterocycles. The Bertz CT molecular complexity index is 663. The molecule has 0 aromatic rings. The highest BCUT2D eigenvalue weighted by molar-refractivity contribution is 8.14. The van der Waals surface area contributed by atoms with E-state index < -0.39 is 58.8 Å². The van der Waals surface area contributed by atoms with Gasteiger partial charge in [0.2, 0.25) is 5.91 Å². The van der Waals surface area contributed by atoms with Gasteiger partial charge in [0.15, 0.2) is 12.2 Å². The monoisotopic (exact) mass is 468 g/mol. The molecule has 1 aliphatic rings. The molecule has 1 rings (SSSR count). The second-order valence-corrected chi connectivity index (χ2v) is 7.69. The van der Waals surface area contributed by atoms with Gasteiger partial charge in [-0.2, -0.15) is 0 Å². The van der Waals surface area contributed by atoms with Gasteiger partial charge in [-0.25, -0.2) is 0 Å². The molecule has 1 heterocycles. The van der Waals surface area contributed by atoms with Crippen molar-refractivity contribution in [2.24, 2.45) is 0 Å². The molecule has 0 unspecified atom stereocenters. The van der Waals surface area contributed by atoms with E-state index in [-0.39, 0.29) is 19.0 Å². The van der Waals surface area contributed by atoms with Gasteiger partial charge in [-0.3, -0.25) is 24.0 Å². The number of ether oxygens (including phenoxy) is 4. The molecule has 2 N–H and O–H groups in total. The highest BCUT2D eigenvalue weighted by Crippen LogP contribution is 2.32. The first-order chi connectivity index (χ1) is 14.0. The van der Waals surface area contributed by atoms with Crippen LogP contribution >= 0.6 is 23.4 Å². The number of rotatable bonds is 8. The molecule has 0 saturated carbocycles. The van der Waals surface area contributed by atoms with Crippen LogP contribution < -0.4 is 10.6 Å². The van der Waals surface area contributed by atoms with Crippen LogP contribution in [0.5, 0.6) is 0 Å². The lowest BCUT2D eigenvalue weighted by Crippen LogP contribution is -2.65. The van der Waals surface area contributed by atoms with E-state index in [0.29, 0.717) is 11.8 Å². The van der Waals surface area contributed by atoms with Gasteiger partial charge in [0, 0.05) is 40.1 Å². The van der Waals surface area contributed by atoms with Gasteiger partial charge >= 0.3 is 17.9 Å². The fraction of sp³-hybridized carbons (Fsp3) is 0.706. The Morgan fingerprint density at radius 2 is 1.57 bits per heavy atom. The Balaban J connectivity index is 3.27. The summed E-state index contributed by atoms with van der Waals surface area (Å²) < 4.78 is 21.4. The lowest BCUT2D eigenvalue weighted by molar-refractivity contribution is -0.211. The molecule has 0 aliphatic carbocycles. The van der Waals surface area contributed by atoms with Crippen molar-refractivity contribution in [1.82, 2.24) is 10.6 Å². The number of hydrogen-bond acceptors (Lipinski definition) is 10. The molecule has 1 fully saturated rings. The third-order valence-electron chi connectivity index (χ3n) is 3.66. The first-order valence-corrected chi connectivity index (χ1v) is 10.4. The van der Waals surface area contributed by atoms with E-state index in [0.717, 1.165) is 13.8 Å². The summed E-state index contributed by atoms with van der Waals surface area (Å²) >= 11 is 6.24. The number of alkyl halides is 1. The summed E-state index contributed by atoms with van der Waals surface area (Å²) in [6.07, 6.45) is -3.47. The van der Waals surface area contributed by atoms with E-state index >= 15 is 0 Å². The highest BCUT2D eigenvalue weighted by Gasteiger charge is 2.51. The van der Waals surface area contributed by atoms with Gasteiger partial charge in [0.1, 0.15) is 24.2 Å². The van der Waals surface area contributed by atoms with Crippen molar-refractivity contribution in [1.29, 1.82) is 0 Å². The lowest BCUT2D eigenvalue weighted by Gasteiger charge is -2.44. The van der Waals surface area contributed by atoms with Gasteiger partial charge in [0.25, 0.3) is 5.24 Å². The lowest BCUT2D eigenvalue weighted by atomic mass is 9.97. The Labute approximate surface area is 182 Å². The number of nitrogens with one attached hydrogen (secondary N) is 2. The van der Waals surface area contributed by atoms with Gasteiger partial charge in [-0.05, 0) is 11.8 Å². The van der Waals surface area contributed by atoms with Crippen LogP contribution in [0.2, 0.25) is 0 Å².